The van der Waals surface area contributed by atoms with Crippen LogP contribution in [0.15, 0.2) is 48.5 Å². The maximum Gasteiger partial charge on any atom is 0.127 e. The third-order valence-electron chi connectivity index (χ3n) is 3.25. The van der Waals surface area contributed by atoms with E-state index >= 15 is 0 Å². The zero-order valence-electron chi connectivity index (χ0n) is 10.9. The molecule has 2 aromatic rings. The molecule has 0 spiro atoms. The molecule has 0 saturated carbocycles. The lowest BCUT2D eigenvalue weighted by Crippen LogP contribution is -2.30. The SMILES string of the molecule is CNC(Cc1ccccc1)Cc1c(F)cccc1Cl. The molecule has 0 aliphatic rings. The average Bonchev–Trinajstić information content (AvgIpc) is 2.43. The molecule has 0 saturated heterocycles. The van der Waals surface area contributed by atoms with E-state index in [0.29, 0.717) is 17.0 Å². The van der Waals surface area contributed by atoms with E-state index < -0.39 is 0 Å². The second-order valence-electron chi connectivity index (χ2n) is 4.58. The lowest BCUT2D eigenvalue weighted by Gasteiger charge is -2.17. The van der Waals surface area contributed by atoms with Crippen molar-refractivity contribution in [1.82, 2.24) is 5.32 Å². The first-order valence-corrected chi connectivity index (χ1v) is 6.72. The van der Waals surface area contributed by atoms with E-state index in [1.807, 2.05) is 25.2 Å². The molecule has 2 rings (SSSR count). The molecular weight excluding hydrogens is 261 g/mol. The summed E-state index contributed by atoms with van der Waals surface area (Å²) in [7, 11) is 1.89. The van der Waals surface area contributed by atoms with Crippen molar-refractivity contribution in [2.45, 2.75) is 18.9 Å². The molecule has 1 nitrogen and oxygen atoms in total. The molecule has 0 aromatic heterocycles. The van der Waals surface area contributed by atoms with Gasteiger partial charge in [-0.1, -0.05) is 48.0 Å². The molecule has 0 aliphatic carbocycles. The molecule has 1 atom stereocenters. The number of hydrogen-bond donors (Lipinski definition) is 1. The van der Waals surface area contributed by atoms with Crippen molar-refractivity contribution in [3.8, 4) is 0 Å². The van der Waals surface area contributed by atoms with Gasteiger partial charge < -0.3 is 5.32 Å². The zero-order valence-corrected chi connectivity index (χ0v) is 11.6. The Kier molecular flexibility index (Phi) is 4.94. The zero-order chi connectivity index (χ0) is 13.7. The summed E-state index contributed by atoms with van der Waals surface area (Å²) in [4.78, 5) is 0. The van der Waals surface area contributed by atoms with Crippen molar-refractivity contribution in [3.05, 3.63) is 70.5 Å². The van der Waals surface area contributed by atoms with Gasteiger partial charge in [0, 0.05) is 16.6 Å². The summed E-state index contributed by atoms with van der Waals surface area (Å²) < 4.78 is 13.8. The lowest BCUT2D eigenvalue weighted by molar-refractivity contribution is 0.532. The molecular formula is C16H17ClFN. The van der Waals surface area contributed by atoms with E-state index in [0.717, 1.165) is 6.42 Å². The molecule has 19 heavy (non-hydrogen) atoms. The highest BCUT2D eigenvalue weighted by Gasteiger charge is 2.14. The fraction of sp³-hybridized carbons (Fsp3) is 0.250. The van der Waals surface area contributed by atoms with Crippen LogP contribution < -0.4 is 5.32 Å². The van der Waals surface area contributed by atoms with Crippen LogP contribution in [0.25, 0.3) is 0 Å². The average molecular weight is 278 g/mol. The van der Waals surface area contributed by atoms with Gasteiger partial charge in [-0.3, -0.25) is 0 Å². The van der Waals surface area contributed by atoms with Gasteiger partial charge in [-0.15, -0.1) is 0 Å². The number of rotatable bonds is 5. The highest BCUT2D eigenvalue weighted by Crippen LogP contribution is 2.21. The Morgan fingerprint density at radius 3 is 2.42 bits per heavy atom. The summed E-state index contributed by atoms with van der Waals surface area (Å²) in [5.74, 6) is -0.235. The standard InChI is InChI=1S/C16H17ClFN/c1-19-13(10-12-6-3-2-4-7-12)11-14-15(17)8-5-9-16(14)18/h2-9,13,19H,10-11H2,1H3. The Labute approximate surface area is 118 Å². The van der Waals surface area contributed by atoms with Gasteiger partial charge in [-0.05, 0) is 37.6 Å². The number of benzene rings is 2. The molecule has 0 fully saturated rings. The van der Waals surface area contributed by atoms with Crippen molar-refractivity contribution in [3.63, 3.8) is 0 Å². The van der Waals surface area contributed by atoms with Gasteiger partial charge in [0.1, 0.15) is 5.82 Å². The normalized spacial score (nSPS) is 12.4. The third-order valence-corrected chi connectivity index (χ3v) is 3.60. The predicted molar refractivity (Wildman–Crippen MR) is 78.1 cm³/mol. The highest BCUT2D eigenvalue weighted by molar-refractivity contribution is 6.31. The Morgan fingerprint density at radius 2 is 1.79 bits per heavy atom. The Balaban J connectivity index is 2.11. The van der Waals surface area contributed by atoms with Gasteiger partial charge >= 0.3 is 0 Å². The van der Waals surface area contributed by atoms with Gasteiger partial charge in [0.15, 0.2) is 0 Å². The maximum atomic E-state index is 13.8. The van der Waals surface area contributed by atoms with E-state index in [-0.39, 0.29) is 11.9 Å². The van der Waals surface area contributed by atoms with Crippen LogP contribution in [0.2, 0.25) is 5.02 Å². The third kappa shape index (κ3) is 3.79. The van der Waals surface area contributed by atoms with Crippen LogP contribution in [0.4, 0.5) is 4.39 Å². The van der Waals surface area contributed by atoms with E-state index in [1.165, 1.54) is 11.6 Å². The molecule has 3 heteroatoms. The molecule has 0 aliphatic heterocycles. The largest absolute Gasteiger partial charge is 0.316 e. The summed E-state index contributed by atoms with van der Waals surface area (Å²) >= 11 is 6.07. The van der Waals surface area contributed by atoms with Crippen molar-refractivity contribution in [2.24, 2.45) is 0 Å². The minimum atomic E-state index is -0.235. The molecule has 100 valence electrons. The van der Waals surface area contributed by atoms with Crippen molar-refractivity contribution >= 4 is 11.6 Å². The van der Waals surface area contributed by atoms with Crippen molar-refractivity contribution in [1.29, 1.82) is 0 Å². The van der Waals surface area contributed by atoms with E-state index in [4.69, 9.17) is 11.6 Å². The van der Waals surface area contributed by atoms with Crippen LogP contribution in [0.3, 0.4) is 0 Å². The van der Waals surface area contributed by atoms with Gasteiger partial charge in [-0.25, -0.2) is 4.39 Å². The second kappa shape index (κ2) is 6.69. The molecule has 1 unspecified atom stereocenters. The molecule has 0 bridgehead atoms. The predicted octanol–water partition coefficient (Wildman–Crippen LogP) is 3.85. The van der Waals surface area contributed by atoms with Gasteiger partial charge in [-0.2, -0.15) is 0 Å². The monoisotopic (exact) mass is 277 g/mol. The molecule has 0 radical (unpaired) electrons. The van der Waals surface area contributed by atoms with Crippen LogP contribution >= 0.6 is 11.6 Å². The summed E-state index contributed by atoms with van der Waals surface area (Å²) in [5.41, 5.74) is 1.81. The Bertz CT molecular complexity index is 507. The molecule has 2 aromatic carbocycles. The topological polar surface area (TPSA) is 12.0 Å². The molecule has 0 amide bonds. The van der Waals surface area contributed by atoms with Crippen molar-refractivity contribution < 1.29 is 4.39 Å². The number of nitrogens with one attached hydrogen (secondary N) is 1. The Morgan fingerprint density at radius 1 is 1.05 bits per heavy atom. The minimum Gasteiger partial charge on any atom is -0.316 e. The smallest absolute Gasteiger partial charge is 0.127 e. The van der Waals surface area contributed by atoms with E-state index in [1.54, 1.807) is 12.1 Å². The first kappa shape index (κ1) is 14.0. The number of halogens is 2. The molecule has 0 heterocycles. The van der Waals surface area contributed by atoms with Crippen LogP contribution in [0.1, 0.15) is 11.1 Å². The van der Waals surface area contributed by atoms with Crippen molar-refractivity contribution in [2.75, 3.05) is 7.05 Å². The first-order chi connectivity index (χ1) is 9.20. The summed E-state index contributed by atoms with van der Waals surface area (Å²) in [6.45, 7) is 0. The minimum absolute atomic E-state index is 0.164. The Hall–Kier alpha value is -1.38. The van der Waals surface area contributed by atoms with Gasteiger partial charge in [0.25, 0.3) is 0 Å². The number of likely N-dealkylation sites (N-methyl/N-ethyl adjacent to an activating group) is 1. The second-order valence-corrected chi connectivity index (χ2v) is 4.99. The summed E-state index contributed by atoms with van der Waals surface area (Å²) in [5, 5.41) is 3.72. The summed E-state index contributed by atoms with van der Waals surface area (Å²) in [6, 6.07) is 15.2. The fourth-order valence-electron chi connectivity index (χ4n) is 2.15. The van der Waals surface area contributed by atoms with Gasteiger partial charge in [0.2, 0.25) is 0 Å². The quantitative estimate of drug-likeness (QED) is 0.875. The van der Waals surface area contributed by atoms with Crippen LogP contribution in [-0.2, 0) is 12.8 Å². The van der Waals surface area contributed by atoms with Gasteiger partial charge in [0.05, 0.1) is 0 Å². The number of hydrogen-bond acceptors (Lipinski definition) is 1. The van der Waals surface area contributed by atoms with E-state index in [2.05, 4.69) is 17.4 Å². The van der Waals surface area contributed by atoms with Crippen LogP contribution in [-0.4, -0.2) is 13.1 Å². The first-order valence-electron chi connectivity index (χ1n) is 6.34. The van der Waals surface area contributed by atoms with Crippen LogP contribution in [0.5, 0.6) is 0 Å². The fourth-order valence-corrected chi connectivity index (χ4v) is 2.39. The molecule has 1 N–H and O–H groups in total. The highest BCUT2D eigenvalue weighted by atomic mass is 35.5. The lowest BCUT2D eigenvalue weighted by atomic mass is 9.99. The van der Waals surface area contributed by atoms with Crippen LogP contribution in [0, 0.1) is 5.82 Å². The van der Waals surface area contributed by atoms with E-state index in [9.17, 15) is 4.39 Å². The summed E-state index contributed by atoms with van der Waals surface area (Å²) in [6.07, 6.45) is 1.43. The maximum absolute atomic E-state index is 13.8.